The highest BCUT2D eigenvalue weighted by Gasteiger charge is 2.15. The highest BCUT2D eigenvalue weighted by Crippen LogP contribution is 2.30. The first kappa shape index (κ1) is 11.0. The average Bonchev–Trinajstić information content (AvgIpc) is 2.58. The summed E-state index contributed by atoms with van der Waals surface area (Å²) in [5, 5.41) is 0. The summed E-state index contributed by atoms with van der Waals surface area (Å²) < 4.78 is 2.17. The van der Waals surface area contributed by atoms with Crippen LogP contribution in [0.1, 0.15) is 50.8 Å². The maximum Gasteiger partial charge on any atom is 0.148 e. The molecule has 2 N–H and O–H groups in total. The van der Waals surface area contributed by atoms with E-state index < -0.39 is 0 Å². The van der Waals surface area contributed by atoms with Crippen molar-refractivity contribution in [3.8, 4) is 0 Å². The summed E-state index contributed by atoms with van der Waals surface area (Å²) in [6, 6.07) is 2.25. The van der Waals surface area contributed by atoms with Gasteiger partial charge in [0, 0.05) is 18.1 Å². The molecular formula is C13H19N3. The Balaban J connectivity index is 2.82. The summed E-state index contributed by atoms with van der Waals surface area (Å²) in [6.07, 6.45) is 3.76. The summed E-state index contributed by atoms with van der Waals surface area (Å²) in [5.41, 5.74) is 9.63. The van der Waals surface area contributed by atoms with Gasteiger partial charge in [-0.15, -0.1) is 0 Å². The van der Waals surface area contributed by atoms with Crippen LogP contribution in [0.3, 0.4) is 0 Å². The lowest BCUT2D eigenvalue weighted by Gasteiger charge is -2.07. The van der Waals surface area contributed by atoms with Gasteiger partial charge in [-0.2, -0.15) is 0 Å². The molecular weight excluding hydrogens is 198 g/mol. The molecule has 0 aliphatic carbocycles. The standard InChI is InChI=1S/C13H19N3/c1-8(2)10-7-11(9(3)4)16-6-5-15-13(14)12(10)16/h5-9H,1-4H3,(H2,14,15). The van der Waals surface area contributed by atoms with Gasteiger partial charge in [-0.1, -0.05) is 27.7 Å². The minimum Gasteiger partial charge on any atom is -0.382 e. The predicted octanol–water partition coefficient (Wildman–Crippen LogP) is 3.16. The van der Waals surface area contributed by atoms with Crippen molar-refractivity contribution >= 4 is 11.3 Å². The molecule has 3 nitrogen and oxygen atoms in total. The Bertz CT molecular complexity index is 509. The van der Waals surface area contributed by atoms with Crippen molar-refractivity contribution in [3.05, 3.63) is 29.7 Å². The highest BCUT2D eigenvalue weighted by molar-refractivity contribution is 5.72. The Morgan fingerprint density at radius 1 is 1.19 bits per heavy atom. The van der Waals surface area contributed by atoms with Crippen LogP contribution in [0.4, 0.5) is 5.82 Å². The first-order valence-electron chi connectivity index (χ1n) is 5.77. The van der Waals surface area contributed by atoms with E-state index in [0.29, 0.717) is 17.7 Å². The summed E-state index contributed by atoms with van der Waals surface area (Å²) >= 11 is 0. The van der Waals surface area contributed by atoms with Crippen molar-refractivity contribution in [2.45, 2.75) is 39.5 Å². The zero-order valence-corrected chi connectivity index (χ0v) is 10.4. The van der Waals surface area contributed by atoms with Crippen molar-refractivity contribution in [1.82, 2.24) is 9.38 Å². The van der Waals surface area contributed by atoms with E-state index >= 15 is 0 Å². The number of rotatable bonds is 2. The van der Waals surface area contributed by atoms with E-state index in [4.69, 9.17) is 5.73 Å². The molecule has 86 valence electrons. The number of hydrogen-bond donors (Lipinski definition) is 1. The molecule has 2 aromatic rings. The van der Waals surface area contributed by atoms with Crippen molar-refractivity contribution < 1.29 is 0 Å². The van der Waals surface area contributed by atoms with Crippen LogP contribution in [0.2, 0.25) is 0 Å². The molecule has 0 aromatic carbocycles. The Morgan fingerprint density at radius 3 is 2.44 bits per heavy atom. The van der Waals surface area contributed by atoms with Crippen molar-refractivity contribution in [2.75, 3.05) is 5.73 Å². The van der Waals surface area contributed by atoms with Gasteiger partial charge in [0.25, 0.3) is 0 Å². The molecule has 0 radical (unpaired) electrons. The molecule has 2 rings (SSSR count). The van der Waals surface area contributed by atoms with Crippen LogP contribution in [0.15, 0.2) is 18.5 Å². The normalized spacial score (nSPS) is 11.9. The van der Waals surface area contributed by atoms with Crippen molar-refractivity contribution in [3.63, 3.8) is 0 Å². The third-order valence-corrected chi connectivity index (χ3v) is 2.98. The van der Waals surface area contributed by atoms with E-state index in [9.17, 15) is 0 Å². The van der Waals surface area contributed by atoms with Gasteiger partial charge in [0.1, 0.15) is 5.82 Å². The van der Waals surface area contributed by atoms with E-state index in [1.165, 1.54) is 11.3 Å². The second kappa shape index (κ2) is 3.81. The van der Waals surface area contributed by atoms with Gasteiger partial charge >= 0.3 is 0 Å². The van der Waals surface area contributed by atoms with E-state index in [1.807, 2.05) is 6.20 Å². The van der Waals surface area contributed by atoms with Crippen LogP contribution < -0.4 is 5.73 Å². The second-order valence-corrected chi connectivity index (χ2v) is 4.87. The Hall–Kier alpha value is -1.51. The van der Waals surface area contributed by atoms with Crippen LogP contribution in [0, 0.1) is 0 Å². The number of nitrogens with two attached hydrogens (primary N) is 1. The molecule has 0 bridgehead atoms. The van der Waals surface area contributed by atoms with Crippen molar-refractivity contribution in [1.29, 1.82) is 0 Å². The predicted molar refractivity (Wildman–Crippen MR) is 67.8 cm³/mol. The van der Waals surface area contributed by atoms with E-state index in [2.05, 4.69) is 43.1 Å². The van der Waals surface area contributed by atoms with Crippen LogP contribution in [-0.2, 0) is 0 Å². The van der Waals surface area contributed by atoms with Gasteiger partial charge in [0.05, 0.1) is 5.52 Å². The van der Waals surface area contributed by atoms with Gasteiger partial charge in [-0.3, -0.25) is 0 Å². The maximum atomic E-state index is 5.98. The molecule has 2 heterocycles. The first-order chi connectivity index (χ1) is 7.52. The van der Waals surface area contributed by atoms with Crippen molar-refractivity contribution in [2.24, 2.45) is 0 Å². The summed E-state index contributed by atoms with van der Waals surface area (Å²) in [5.74, 6) is 1.58. The third-order valence-electron chi connectivity index (χ3n) is 2.98. The average molecular weight is 217 g/mol. The Labute approximate surface area is 96.3 Å². The number of fused-ring (bicyclic) bond motifs is 1. The molecule has 0 aliphatic rings. The maximum absolute atomic E-state index is 5.98. The first-order valence-corrected chi connectivity index (χ1v) is 5.77. The second-order valence-electron chi connectivity index (χ2n) is 4.87. The van der Waals surface area contributed by atoms with Gasteiger partial charge in [-0.25, -0.2) is 4.98 Å². The fourth-order valence-electron chi connectivity index (χ4n) is 2.12. The molecule has 0 aliphatic heterocycles. The zero-order chi connectivity index (χ0) is 11.9. The molecule has 0 fully saturated rings. The number of nitrogens with zero attached hydrogens (tertiary/aromatic N) is 2. The largest absolute Gasteiger partial charge is 0.382 e. The SMILES string of the molecule is CC(C)c1cc(C(C)C)n2ccnc(N)c12. The lowest BCUT2D eigenvalue weighted by molar-refractivity contribution is 0.807. The third kappa shape index (κ3) is 1.56. The Morgan fingerprint density at radius 2 is 1.88 bits per heavy atom. The monoisotopic (exact) mass is 217 g/mol. The van der Waals surface area contributed by atoms with Crippen LogP contribution >= 0.6 is 0 Å². The molecule has 0 amide bonds. The van der Waals surface area contributed by atoms with Crippen LogP contribution in [0.5, 0.6) is 0 Å². The van der Waals surface area contributed by atoms with Crippen LogP contribution in [0.25, 0.3) is 5.52 Å². The summed E-state index contributed by atoms with van der Waals surface area (Å²) in [7, 11) is 0. The number of hydrogen-bond acceptors (Lipinski definition) is 2. The summed E-state index contributed by atoms with van der Waals surface area (Å²) in [4.78, 5) is 4.18. The quantitative estimate of drug-likeness (QED) is 0.839. The molecule has 0 atom stereocenters. The number of aromatic nitrogens is 2. The fourth-order valence-corrected chi connectivity index (χ4v) is 2.12. The molecule has 0 unspecified atom stereocenters. The lowest BCUT2D eigenvalue weighted by Crippen LogP contribution is -1.99. The highest BCUT2D eigenvalue weighted by atomic mass is 15.0. The summed E-state index contributed by atoms with van der Waals surface area (Å²) in [6.45, 7) is 8.77. The molecule has 3 heteroatoms. The molecule has 0 saturated carbocycles. The van der Waals surface area contributed by atoms with Gasteiger partial charge < -0.3 is 10.1 Å². The van der Waals surface area contributed by atoms with E-state index in [-0.39, 0.29) is 0 Å². The number of anilines is 1. The number of nitrogen functional groups attached to an aromatic ring is 1. The molecule has 2 aromatic heterocycles. The molecule has 16 heavy (non-hydrogen) atoms. The van der Waals surface area contributed by atoms with Gasteiger partial charge in [0.2, 0.25) is 0 Å². The molecule has 0 saturated heterocycles. The van der Waals surface area contributed by atoms with Crippen LogP contribution in [-0.4, -0.2) is 9.38 Å². The topological polar surface area (TPSA) is 43.3 Å². The van der Waals surface area contributed by atoms with Gasteiger partial charge in [-0.05, 0) is 23.5 Å². The smallest absolute Gasteiger partial charge is 0.148 e. The fraction of sp³-hybridized carbons (Fsp3) is 0.462. The minimum absolute atomic E-state index is 0.467. The Kier molecular flexibility index (Phi) is 2.62. The van der Waals surface area contributed by atoms with Gasteiger partial charge in [0.15, 0.2) is 0 Å². The lowest BCUT2D eigenvalue weighted by atomic mass is 10.0. The minimum atomic E-state index is 0.467. The zero-order valence-electron chi connectivity index (χ0n) is 10.4. The van der Waals surface area contributed by atoms with E-state index in [0.717, 1.165) is 5.52 Å². The van der Waals surface area contributed by atoms with E-state index in [1.54, 1.807) is 6.20 Å². The molecule has 0 spiro atoms.